The maximum Gasteiger partial charge on any atom is 0.298 e. The van der Waals surface area contributed by atoms with Crippen molar-refractivity contribution >= 4 is 17.5 Å². The van der Waals surface area contributed by atoms with Gasteiger partial charge in [-0.3, -0.25) is 14.5 Å². The largest absolute Gasteiger partial charge is 0.507 e. The van der Waals surface area contributed by atoms with E-state index < -0.39 is 24.6 Å². The number of amides is 2. The number of hydrogen-bond acceptors (Lipinski definition) is 5. The highest BCUT2D eigenvalue weighted by Gasteiger charge is 2.37. The molecule has 2 aromatic rings. The Morgan fingerprint density at radius 3 is 2.57 bits per heavy atom. The summed E-state index contributed by atoms with van der Waals surface area (Å²) >= 11 is 0. The Kier molecular flexibility index (Phi) is 3.86. The normalized spacial score (nSPS) is 16.8. The molecule has 1 aliphatic rings. The van der Waals surface area contributed by atoms with Gasteiger partial charge in [0.05, 0.1) is 11.3 Å². The van der Waals surface area contributed by atoms with E-state index in [1.165, 1.54) is 17.0 Å². The van der Waals surface area contributed by atoms with Crippen LogP contribution in [-0.4, -0.2) is 28.8 Å². The minimum Gasteiger partial charge on any atom is -0.507 e. The second kappa shape index (κ2) is 5.98. The van der Waals surface area contributed by atoms with Crippen LogP contribution < -0.4 is 4.90 Å². The van der Waals surface area contributed by atoms with Crippen molar-refractivity contribution in [3.63, 3.8) is 0 Å². The summed E-state index contributed by atoms with van der Waals surface area (Å²) in [5.74, 6) is -1.40. The number of para-hydroxylation sites is 2. The van der Waals surface area contributed by atoms with Crippen molar-refractivity contribution in [1.29, 1.82) is 0 Å². The van der Waals surface area contributed by atoms with Crippen LogP contribution in [-0.2, 0) is 4.79 Å². The van der Waals surface area contributed by atoms with Crippen molar-refractivity contribution in [1.82, 2.24) is 0 Å². The van der Waals surface area contributed by atoms with Crippen LogP contribution in [0.25, 0.3) is 0 Å². The molecule has 1 unspecified atom stereocenters. The molecule has 116 valence electrons. The number of carbonyl (C=O) groups is 2. The standard InChI is InChI=1S/C16H13N3O4/c20-9-19-12-7-3-1-5-10(12)14(16(19)23)17-18-15(22)11-6-2-4-8-13(11)21/h1-8,14,20-21H,9H2. The van der Waals surface area contributed by atoms with Crippen molar-refractivity contribution in [2.75, 3.05) is 11.6 Å². The van der Waals surface area contributed by atoms with Crippen LogP contribution in [0.3, 0.4) is 0 Å². The minimum atomic E-state index is -0.979. The van der Waals surface area contributed by atoms with Crippen LogP contribution in [0.4, 0.5) is 5.69 Å². The average molecular weight is 311 g/mol. The van der Waals surface area contributed by atoms with Crippen molar-refractivity contribution in [3.05, 3.63) is 59.7 Å². The molecule has 0 fully saturated rings. The molecule has 1 atom stereocenters. The number of benzene rings is 2. The van der Waals surface area contributed by atoms with E-state index in [2.05, 4.69) is 10.2 Å². The lowest BCUT2D eigenvalue weighted by Crippen LogP contribution is -2.29. The molecule has 7 nitrogen and oxygen atoms in total. The lowest BCUT2D eigenvalue weighted by atomic mass is 10.1. The number of nitrogens with zero attached hydrogens (tertiary/aromatic N) is 3. The third kappa shape index (κ3) is 2.58. The topological polar surface area (TPSA) is 103 Å². The average Bonchev–Trinajstić information content (AvgIpc) is 2.84. The number of carbonyl (C=O) groups excluding carboxylic acids is 2. The van der Waals surface area contributed by atoms with Gasteiger partial charge in [0, 0.05) is 5.56 Å². The fourth-order valence-corrected chi connectivity index (χ4v) is 2.44. The molecule has 3 rings (SSSR count). The van der Waals surface area contributed by atoms with Crippen LogP contribution in [0, 0.1) is 0 Å². The van der Waals surface area contributed by atoms with Gasteiger partial charge in [0.15, 0.2) is 6.04 Å². The molecule has 0 bridgehead atoms. The van der Waals surface area contributed by atoms with E-state index >= 15 is 0 Å². The van der Waals surface area contributed by atoms with E-state index in [1.54, 1.807) is 36.4 Å². The summed E-state index contributed by atoms with van der Waals surface area (Å²) in [6, 6.07) is 11.8. The fraction of sp³-hybridized carbons (Fsp3) is 0.125. The molecule has 0 spiro atoms. The van der Waals surface area contributed by atoms with Gasteiger partial charge in [-0.2, -0.15) is 5.11 Å². The number of rotatable bonds is 3. The number of aromatic hydroxyl groups is 1. The monoisotopic (exact) mass is 311 g/mol. The number of phenolic OH excluding ortho intramolecular Hbond substituents is 1. The Morgan fingerprint density at radius 1 is 1.13 bits per heavy atom. The maximum absolute atomic E-state index is 12.3. The summed E-state index contributed by atoms with van der Waals surface area (Å²) in [7, 11) is 0. The molecule has 1 aliphatic heterocycles. The van der Waals surface area contributed by atoms with Crippen molar-refractivity contribution < 1.29 is 19.8 Å². The van der Waals surface area contributed by atoms with E-state index in [0.717, 1.165) is 0 Å². The molecule has 7 heteroatoms. The molecule has 0 aliphatic carbocycles. The fourth-order valence-electron chi connectivity index (χ4n) is 2.44. The molecular weight excluding hydrogens is 298 g/mol. The molecule has 2 amide bonds. The van der Waals surface area contributed by atoms with E-state index in [9.17, 15) is 19.8 Å². The SMILES string of the molecule is O=C(N=NC1C(=O)N(CO)c2ccccc21)c1ccccc1O. The number of hydrogen-bond donors (Lipinski definition) is 2. The van der Waals surface area contributed by atoms with Crippen molar-refractivity contribution in [3.8, 4) is 5.75 Å². The number of fused-ring (bicyclic) bond motifs is 1. The zero-order valence-corrected chi connectivity index (χ0v) is 12.0. The van der Waals surface area contributed by atoms with Gasteiger partial charge in [-0.25, -0.2) is 0 Å². The summed E-state index contributed by atoms with van der Waals surface area (Å²) in [4.78, 5) is 25.4. The highest BCUT2D eigenvalue weighted by atomic mass is 16.3. The van der Waals surface area contributed by atoms with Gasteiger partial charge in [0.2, 0.25) is 0 Å². The lowest BCUT2D eigenvalue weighted by molar-refractivity contribution is -0.119. The zero-order chi connectivity index (χ0) is 16.4. The van der Waals surface area contributed by atoms with Crippen molar-refractivity contribution in [2.24, 2.45) is 10.2 Å². The first kappa shape index (κ1) is 14.9. The van der Waals surface area contributed by atoms with E-state index in [4.69, 9.17) is 0 Å². The molecule has 2 N–H and O–H groups in total. The summed E-state index contributed by atoms with van der Waals surface area (Å²) < 4.78 is 0. The second-order valence-corrected chi connectivity index (χ2v) is 4.91. The Balaban J connectivity index is 1.90. The molecule has 23 heavy (non-hydrogen) atoms. The van der Waals surface area contributed by atoms with Crippen molar-refractivity contribution in [2.45, 2.75) is 6.04 Å². The van der Waals surface area contributed by atoms with Gasteiger partial charge < -0.3 is 10.2 Å². The maximum atomic E-state index is 12.3. The van der Waals surface area contributed by atoms with Gasteiger partial charge in [0.1, 0.15) is 12.5 Å². The minimum absolute atomic E-state index is 0.00833. The molecule has 0 aromatic heterocycles. The molecular formula is C16H13N3O4. The van der Waals surface area contributed by atoms with Crippen LogP contribution in [0.1, 0.15) is 22.0 Å². The van der Waals surface area contributed by atoms with E-state index in [-0.39, 0.29) is 11.3 Å². The highest BCUT2D eigenvalue weighted by Crippen LogP contribution is 2.37. The van der Waals surface area contributed by atoms with Gasteiger partial charge in [-0.05, 0) is 18.2 Å². The number of azo groups is 1. The Labute approximate surface area is 131 Å². The summed E-state index contributed by atoms with van der Waals surface area (Å²) in [6.07, 6.45) is 0. The molecule has 0 saturated heterocycles. The summed E-state index contributed by atoms with van der Waals surface area (Å²) in [5, 5.41) is 26.3. The number of phenols is 1. The third-order valence-electron chi connectivity index (χ3n) is 3.56. The van der Waals surface area contributed by atoms with Crippen LogP contribution in [0.15, 0.2) is 58.8 Å². The third-order valence-corrected chi connectivity index (χ3v) is 3.56. The van der Waals surface area contributed by atoms with Crippen LogP contribution in [0.2, 0.25) is 0 Å². The predicted octanol–water partition coefficient (Wildman–Crippen LogP) is 2.02. The van der Waals surface area contributed by atoms with Gasteiger partial charge in [0.25, 0.3) is 11.8 Å². The summed E-state index contributed by atoms with van der Waals surface area (Å²) in [6.45, 7) is -0.477. The number of aliphatic hydroxyl groups excluding tert-OH is 1. The van der Waals surface area contributed by atoms with Crippen LogP contribution in [0.5, 0.6) is 5.75 Å². The number of aliphatic hydroxyl groups is 1. The summed E-state index contributed by atoms with van der Waals surface area (Å²) in [5.41, 5.74) is 1.12. The lowest BCUT2D eigenvalue weighted by Gasteiger charge is -2.12. The second-order valence-electron chi connectivity index (χ2n) is 4.91. The van der Waals surface area contributed by atoms with Gasteiger partial charge in [-0.1, -0.05) is 30.3 Å². The highest BCUT2D eigenvalue weighted by molar-refractivity contribution is 6.04. The van der Waals surface area contributed by atoms with Gasteiger partial charge >= 0.3 is 0 Å². The first-order valence-corrected chi connectivity index (χ1v) is 6.88. The van der Waals surface area contributed by atoms with E-state index in [0.29, 0.717) is 11.3 Å². The number of anilines is 1. The molecule has 0 saturated carbocycles. The Bertz CT molecular complexity index is 803. The quantitative estimate of drug-likeness (QED) is 0.846. The predicted molar refractivity (Wildman–Crippen MR) is 81.0 cm³/mol. The Morgan fingerprint density at radius 2 is 1.83 bits per heavy atom. The first-order chi connectivity index (χ1) is 11.1. The first-order valence-electron chi connectivity index (χ1n) is 6.88. The van der Waals surface area contributed by atoms with Gasteiger partial charge in [-0.15, -0.1) is 5.11 Å². The smallest absolute Gasteiger partial charge is 0.298 e. The molecule has 0 radical (unpaired) electrons. The van der Waals surface area contributed by atoms with E-state index in [1.807, 2.05) is 0 Å². The Hall–Kier alpha value is -3.06. The molecule has 1 heterocycles. The zero-order valence-electron chi connectivity index (χ0n) is 12.0. The van der Waals surface area contributed by atoms with Crippen LogP contribution >= 0.6 is 0 Å². The molecule has 2 aromatic carbocycles.